The number of amides is 1. The number of carbonyl (C=O) groups is 1. The Hall–Kier alpha value is -1.39. The number of aromatic nitrogens is 2. The van der Waals surface area contributed by atoms with Gasteiger partial charge in [0.25, 0.3) is 0 Å². The van der Waals surface area contributed by atoms with E-state index in [9.17, 15) is 4.79 Å². The van der Waals surface area contributed by atoms with E-state index in [0.29, 0.717) is 11.7 Å². The lowest BCUT2D eigenvalue weighted by Crippen LogP contribution is -2.38. The summed E-state index contributed by atoms with van der Waals surface area (Å²) in [4.78, 5) is 17.8. The molecular weight excluding hydrogens is 206 g/mol. The summed E-state index contributed by atoms with van der Waals surface area (Å²) in [7, 11) is 0. The molecule has 0 aromatic carbocycles. The Morgan fingerprint density at radius 1 is 1.50 bits per heavy atom. The molecule has 5 nitrogen and oxygen atoms in total. The van der Waals surface area contributed by atoms with E-state index in [-0.39, 0.29) is 12.3 Å². The van der Waals surface area contributed by atoms with Gasteiger partial charge >= 0.3 is 0 Å². The molecule has 1 aliphatic heterocycles. The number of likely N-dealkylation sites (tertiary alicyclic amines) is 1. The van der Waals surface area contributed by atoms with Crippen molar-refractivity contribution in [3.05, 3.63) is 11.7 Å². The van der Waals surface area contributed by atoms with Crippen molar-refractivity contribution in [3.63, 3.8) is 0 Å². The van der Waals surface area contributed by atoms with Crippen molar-refractivity contribution in [3.8, 4) is 0 Å². The number of carbonyl (C=O) groups excluding carboxylic acids is 1. The quantitative estimate of drug-likeness (QED) is 0.755. The van der Waals surface area contributed by atoms with Crippen LogP contribution in [0.2, 0.25) is 0 Å². The van der Waals surface area contributed by atoms with Crippen molar-refractivity contribution in [1.29, 1.82) is 0 Å². The zero-order chi connectivity index (χ0) is 11.5. The van der Waals surface area contributed by atoms with Gasteiger partial charge in [0, 0.05) is 13.1 Å². The number of aryl methyl sites for hydroxylation is 1. The molecule has 2 heterocycles. The molecule has 0 radical (unpaired) electrons. The largest absolute Gasteiger partial charge is 0.342 e. The van der Waals surface area contributed by atoms with E-state index in [2.05, 4.69) is 17.1 Å². The highest BCUT2D eigenvalue weighted by Gasteiger charge is 2.21. The summed E-state index contributed by atoms with van der Waals surface area (Å²) in [6.07, 6.45) is 2.42. The molecular formula is C11H17N3O2. The molecule has 1 aromatic heterocycles. The van der Waals surface area contributed by atoms with E-state index in [1.165, 1.54) is 0 Å². The Morgan fingerprint density at radius 2 is 2.19 bits per heavy atom. The van der Waals surface area contributed by atoms with Crippen molar-refractivity contribution < 1.29 is 9.32 Å². The first-order chi connectivity index (χ1) is 7.65. The molecule has 1 fully saturated rings. The molecule has 0 N–H and O–H groups in total. The molecule has 1 aliphatic rings. The maximum Gasteiger partial charge on any atom is 0.236 e. The van der Waals surface area contributed by atoms with Crippen LogP contribution in [0.3, 0.4) is 0 Å². The summed E-state index contributed by atoms with van der Waals surface area (Å²) in [6, 6.07) is 0. The lowest BCUT2D eigenvalue weighted by molar-refractivity contribution is -0.132. The smallest absolute Gasteiger partial charge is 0.236 e. The van der Waals surface area contributed by atoms with Gasteiger partial charge in [0.1, 0.15) is 6.42 Å². The van der Waals surface area contributed by atoms with Gasteiger partial charge in [0.2, 0.25) is 11.8 Å². The van der Waals surface area contributed by atoms with Gasteiger partial charge in [-0.3, -0.25) is 4.79 Å². The molecule has 0 atom stereocenters. The minimum absolute atomic E-state index is 0.0931. The maximum absolute atomic E-state index is 11.9. The molecule has 1 saturated heterocycles. The summed E-state index contributed by atoms with van der Waals surface area (Å²) >= 11 is 0. The summed E-state index contributed by atoms with van der Waals surface area (Å²) in [5, 5.41) is 3.67. The van der Waals surface area contributed by atoms with Crippen molar-refractivity contribution in [2.75, 3.05) is 13.1 Å². The van der Waals surface area contributed by atoms with E-state index in [1.54, 1.807) is 6.92 Å². The van der Waals surface area contributed by atoms with E-state index < -0.39 is 0 Å². The van der Waals surface area contributed by atoms with Crippen molar-refractivity contribution in [2.24, 2.45) is 5.92 Å². The van der Waals surface area contributed by atoms with Gasteiger partial charge in [-0.2, -0.15) is 4.98 Å². The van der Waals surface area contributed by atoms with Crippen molar-refractivity contribution >= 4 is 5.91 Å². The fourth-order valence-corrected chi connectivity index (χ4v) is 1.91. The van der Waals surface area contributed by atoms with Gasteiger partial charge in [-0.1, -0.05) is 12.1 Å². The summed E-state index contributed by atoms with van der Waals surface area (Å²) in [5.41, 5.74) is 0. The molecule has 16 heavy (non-hydrogen) atoms. The zero-order valence-electron chi connectivity index (χ0n) is 9.77. The van der Waals surface area contributed by atoms with Crippen LogP contribution in [0.25, 0.3) is 0 Å². The van der Waals surface area contributed by atoms with Crippen LogP contribution in [0.15, 0.2) is 4.52 Å². The number of hydrogen-bond acceptors (Lipinski definition) is 4. The second-order valence-corrected chi connectivity index (χ2v) is 4.48. The van der Waals surface area contributed by atoms with Gasteiger partial charge < -0.3 is 9.42 Å². The van der Waals surface area contributed by atoms with E-state index >= 15 is 0 Å². The average molecular weight is 223 g/mol. The second kappa shape index (κ2) is 4.63. The van der Waals surface area contributed by atoms with Gasteiger partial charge in [-0.15, -0.1) is 0 Å². The van der Waals surface area contributed by atoms with E-state index in [1.807, 2.05) is 4.90 Å². The number of hydrogen-bond donors (Lipinski definition) is 0. The Labute approximate surface area is 94.8 Å². The fourth-order valence-electron chi connectivity index (χ4n) is 1.91. The van der Waals surface area contributed by atoms with Crippen molar-refractivity contribution in [2.45, 2.75) is 33.1 Å². The van der Waals surface area contributed by atoms with Crippen LogP contribution in [0.5, 0.6) is 0 Å². The van der Waals surface area contributed by atoms with Gasteiger partial charge in [0.15, 0.2) is 5.82 Å². The zero-order valence-corrected chi connectivity index (χ0v) is 9.77. The van der Waals surface area contributed by atoms with Gasteiger partial charge in [-0.05, 0) is 25.7 Å². The van der Waals surface area contributed by atoms with Gasteiger partial charge in [-0.25, -0.2) is 0 Å². The standard InChI is InChI=1S/C11H17N3O2/c1-8-3-5-14(6-4-8)11(15)7-10-12-9(2)13-16-10/h8H,3-7H2,1-2H3. The summed E-state index contributed by atoms with van der Waals surface area (Å²) in [6.45, 7) is 5.68. The van der Waals surface area contributed by atoms with E-state index in [0.717, 1.165) is 31.8 Å². The Balaban J connectivity index is 1.88. The highest BCUT2D eigenvalue weighted by molar-refractivity contribution is 5.77. The SMILES string of the molecule is Cc1noc(CC(=O)N2CCC(C)CC2)n1. The minimum Gasteiger partial charge on any atom is -0.342 e. The highest BCUT2D eigenvalue weighted by Crippen LogP contribution is 2.16. The molecule has 2 rings (SSSR count). The van der Waals surface area contributed by atoms with Crippen molar-refractivity contribution in [1.82, 2.24) is 15.0 Å². The number of nitrogens with zero attached hydrogens (tertiary/aromatic N) is 3. The molecule has 0 bridgehead atoms. The van der Waals surface area contributed by atoms with Gasteiger partial charge in [0.05, 0.1) is 0 Å². The molecule has 1 amide bonds. The van der Waals surface area contributed by atoms with Crippen LogP contribution in [-0.2, 0) is 11.2 Å². The van der Waals surface area contributed by atoms with Crippen LogP contribution in [0.1, 0.15) is 31.5 Å². The first-order valence-electron chi connectivity index (χ1n) is 5.72. The monoisotopic (exact) mass is 223 g/mol. The topological polar surface area (TPSA) is 59.2 Å². The van der Waals surface area contributed by atoms with Crippen LogP contribution in [0, 0.1) is 12.8 Å². The molecule has 5 heteroatoms. The molecule has 0 spiro atoms. The first kappa shape index (κ1) is 11.1. The molecule has 0 aliphatic carbocycles. The number of rotatable bonds is 2. The molecule has 0 saturated carbocycles. The van der Waals surface area contributed by atoms with E-state index in [4.69, 9.17) is 4.52 Å². The number of piperidine rings is 1. The lowest BCUT2D eigenvalue weighted by atomic mass is 9.99. The molecule has 88 valence electrons. The Bertz CT molecular complexity index is 367. The maximum atomic E-state index is 11.9. The summed E-state index contributed by atoms with van der Waals surface area (Å²) < 4.78 is 4.94. The predicted molar refractivity (Wildman–Crippen MR) is 57.7 cm³/mol. The van der Waals surface area contributed by atoms with Crippen LogP contribution in [-0.4, -0.2) is 34.0 Å². The Morgan fingerprint density at radius 3 is 2.75 bits per heavy atom. The highest BCUT2D eigenvalue weighted by atomic mass is 16.5. The predicted octanol–water partition coefficient (Wildman–Crippen LogP) is 1.18. The third-order valence-corrected chi connectivity index (χ3v) is 3.01. The normalized spacial score (nSPS) is 17.8. The lowest BCUT2D eigenvalue weighted by Gasteiger charge is -2.29. The second-order valence-electron chi connectivity index (χ2n) is 4.48. The summed E-state index contributed by atoms with van der Waals surface area (Å²) in [5.74, 6) is 1.82. The van der Waals surface area contributed by atoms with Crippen LogP contribution >= 0.6 is 0 Å². The van der Waals surface area contributed by atoms with Crippen LogP contribution in [0.4, 0.5) is 0 Å². The third kappa shape index (κ3) is 2.59. The van der Waals surface area contributed by atoms with Crippen LogP contribution < -0.4 is 0 Å². The third-order valence-electron chi connectivity index (χ3n) is 3.01. The molecule has 0 unspecified atom stereocenters. The Kier molecular flexibility index (Phi) is 3.22. The molecule has 1 aromatic rings. The average Bonchev–Trinajstić information content (AvgIpc) is 2.65. The first-order valence-corrected chi connectivity index (χ1v) is 5.72. The fraction of sp³-hybridized carbons (Fsp3) is 0.727. The minimum atomic E-state index is 0.0931.